The van der Waals surface area contributed by atoms with E-state index in [-0.39, 0.29) is 5.82 Å². The van der Waals surface area contributed by atoms with E-state index >= 15 is 0 Å². The molecule has 1 unspecified atom stereocenters. The second-order valence-corrected chi connectivity index (χ2v) is 5.18. The average molecular weight is 304 g/mol. The van der Waals surface area contributed by atoms with Crippen molar-refractivity contribution in [1.82, 2.24) is 0 Å². The van der Waals surface area contributed by atoms with Crippen molar-refractivity contribution in [2.24, 2.45) is 0 Å². The van der Waals surface area contributed by atoms with Crippen LogP contribution in [-0.2, 0) is 0 Å². The third-order valence-corrected chi connectivity index (χ3v) is 3.50. The van der Waals surface area contributed by atoms with Crippen LogP contribution in [0, 0.1) is 24.1 Å². The first-order valence-corrected chi connectivity index (χ1v) is 7.02. The van der Waals surface area contributed by atoms with E-state index in [2.05, 4.69) is 6.07 Å². The fraction of sp³-hybridized carbons (Fsp3) is 0.235. The summed E-state index contributed by atoms with van der Waals surface area (Å²) < 4.78 is 19.3. The van der Waals surface area contributed by atoms with Gasteiger partial charge in [0.25, 0.3) is 0 Å². The number of rotatable bonds is 5. The van der Waals surface area contributed by atoms with Crippen molar-refractivity contribution in [3.05, 3.63) is 64.4 Å². The molecule has 1 atom stereocenters. The van der Waals surface area contributed by atoms with E-state index in [1.807, 2.05) is 19.1 Å². The quantitative estimate of drug-likeness (QED) is 0.790. The minimum atomic E-state index is -0.533. The molecule has 2 aromatic carbocycles. The van der Waals surface area contributed by atoms with Crippen LogP contribution in [0.5, 0.6) is 5.75 Å². The Morgan fingerprint density at radius 3 is 2.76 bits per heavy atom. The van der Waals surface area contributed by atoms with Gasteiger partial charge in [-0.2, -0.15) is 5.26 Å². The molecule has 2 nitrogen and oxygen atoms in total. The Morgan fingerprint density at radius 2 is 2.05 bits per heavy atom. The lowest BCUT2D eigenvalue weighted by atomic mass is 9.97. The lowest BCUT2D eigenvalue weighted by Gasteiger charge is -2.12. The summed E-state index contributed by atoms with van der Waals surface area (Å²) in [7, 11) is 0. The zero-order valence-electron chi connectivity index (χ0n) is 11.6. The molecule has 0 aliphatic heterocycles. The van der Waals surface area contributed by atoms with Crippen LogP contribution < -0.4 is 4.74 Å². The predicted octanol–water partition coefficient (Wildman–Crippen LogP) is 4.86. The van der Waals surface area contributed by atoms with E-state index in [1.165, 1.54) is 6.07 Å². The number of nitrogens with zero attached hydrogens (tertiary/aromatic N) is 1. The summed E-state index contributed by atoms with van der Waals surface area (Å²) in [4.78, 5) is 0. The first-order valence-electron chi connectivity index (χ1n) is 6.65. The second-order valence-electron chi connectivity index (χ2n) is 4.77. The lowest BCUT2D eigenvalue weighted by Crippen LogP contribution is -2.06. The first kappa shape index (κ1) is 15.3. The van der Waals surface area contributed by atoms with Crippen molar-refractivity contribution in [1.29, 1.82) is 5.26 Å². The Bertz CT molecular complexity index is 666. The topological polar surface area (TPSA) is 33.0 Å². The molecule has 4 heteroatoms. The highest BCUT2D eigenvalue weighted by Crippen LogP contribution is 2.27. The number of aryl methyl sites for hydroxylation is 1. The Hall–Kier alpha value is -2.05. The van der Waals surface area contributed by atoms with Gasteiger partial charge in [0.1, 0.15) is 11.6 Å². The fourth-order valence-electron chi connectivity index (χ4n) is 2.06. The number of benzene rings is 2. The molecule has 2 aromatic rings. The van der Waals surface area contributed by atoms with Gasteiger partial charge in [0.15, 0.2) is 0 Å². The Labute approximate surface area is 128 Å². The highest BCUT2D eigenvalue weighted by Gasteiger charge is 2.15. The number of ether oxygens (including phenoxy) is 1. The van der Waals surface area contributed by atoms with Gasteiger partial charge >= 0.3 is 0 Å². The van der Waals surface area contributed by atoms with Gasteiger partial charge in [-0.1, -0.05) is 35.9 Å². The molecule has 2 rings (SSSR count). The predicted molar refractivity (Wildman–Crippen MR) is 81.1 cm³/mol. The molecule has 21 heavy (non-hydrogen) atoms. The van der Waals surface area contributed by atoms with Crippen molar-refractivity contribution in [3.63, 3.8) is 0 Å². The van der Waals surface area contributed by atoms with Crippen LogP contribution in [-0.4, -0.2) is 6.61 Å². The maximum absolute atomic E-state index is 13.7. The number of hydrogen-bond donors (Lipinski definition) is 0. The first-order chi connectivity index (χ1) is 10.1. The van der Waals surface area contributed by atoms with Gasteiger partial charge < -0.3 is 4.74 Å². The van der Waals surface area contributed by atoms with E-state index in [4.69, 9.17) is 16.3 Å². The van der Waals surface area contributed by atoms with Crippen LogP contribution in [0.15, 0.2) is 42.5 Å². The van der Waals surface area contributed by atoms with Gasteiger partial charge in [0, 0.05) is 12.0 Å². The van der Waals surface area contributed by atoms with Crippen LogP contribution in [0.25, 0.3) is 0 Å². The third kappa shape index (κ3) is 3.96. The molecule has 0 spiro atoms. The SMILES string of the molecule is Cc1ccc(Cl)c(OCCC(C#N)c2ccccc2F)c1. The maximum atomic E-state index is 13.7. The van der Waals surface area contributed by atoms with E-state index in [1.54, 1.807) is 24.3 Å². The molecule has 0 bridgehead atoms. The molecule has 108 valence electrons. The summed E-state index contributed by atoms with van der Waals surface area (Å²) in [6.07, 6.45) is 0.404. The van der Waals surface area contributed by atoms with Gasteiger partial charge in [0.05, 0.1) is 23.6 Å². The summed E-state index contributed by atoms with van der Waals surface area (Å²) in [6.45, 7) is 2.25. The Balaban J connectivity index is 2.00. The number of halogens is 2. The number of hydrogen-bond acceptors (Lipinski definition) is 2. The summed E-state index contributed by atoms with van der Waals surface area (Å²) in [5.74, 6) is -0.311. The second kappa shape index (κ2) is 7.10. The lowest BCUT2D eigenvalue weighted by molar-refractivity contribution is 0.305. The molecule has 0 aromatic heterocycles. The van der Waals surface area contributed by atoms with E-state index in [9.17, 15) is 9.65 Å². The molecular formula is C17H15ClFNO. The van der Waals surface area contributed by atoms with Crippen LogP contribution in [0.4, 0.5) is 4.39 Å². The molecule has 0 heterocycles. The molecule has 0 fully saturated rings. The summed E-state index contributed by atoms with van der Waals surface area (Å²) in [6, 6.07) is 13.9. The molecule has 0 saturated carbocycles. The van der Waals surface area contributed by atoms with Gasteiger partial charge in [0.2, 0.25) is 0 Å². The van der Waals surface area contributed by atoms with Crippen molar-refractivity contribution in [3.8, 4) is 11.8 Å². The van der Waals surface area contributed by atoms with Crippen molar-refractivity contribution < 1.29 is 9.13 Å². The van der Waals surface area contributed by atoms with Gasteiger partial charge in [-0.3, -0.25) is 0 Å². The van der Waals surface area contributed by atoms with Crippen LogP contribution >= 0.6 is 11.6 Å². The minimum Gasteiger partial charge on any atom is -0.492 e. The Kier molecular flexibility index (Phi) is 5.19. The van der Waals surface area contributed by atoms with Crippen LogP contribution in [0.2, 0.25) is 5.02 Å². The monoisotopic (exact) mass is 303 g/mol. The van der Waals surface area contributed by atoms with Crippen LogP contribution in [0.3, 0.4) is 0 Å². The van der Waals surface area contributed by atoms with Crippen molar-refractivity contribution in [2.45, 2.75) is 19.3 Å². The highest BCUT2D eigenvalue weighted by atomic mass is 35.5. The molecule has 0 radical (unpaired) electrons. The van der Waals surface area contributed by atoms with Gasteiger partial charge in [-0.15, -0.1) is 0 Å². The zero-order valence-corrected chi connectivity index (χ0v) is 12.4. The normalized spacial score (nSPS) is 11.7. The smallest absolute Gasteiger partial charge is 0.138 e. The molecule has 0 aliphatic rings. The minimum absolute atomic E-state index is 0.301. The van der Waals surface area contributed by atoms with E-state index in [0.29, 0.717) is 29.4 Å². The molecule has 0 saturated heterocycles. The average Bonchev–Trinajstić information content (AvgIpc) is 2.48. The van der Waals surface area contributed by atoms with Crippen molar-refractivity contribution >= 4 is 11.6 Å². The van der Waals surface area contributed by atoms with Gasteiger partial charge in [-0.05, 0) is 30.7 Å². The molecular weight excluding hydrogens is 289 g/mol. The highest BCUT2D eigenvalue weighted by molar-refractivity contribution is 6.32. The summed E-state index contributed by atoms with van der Waals surface area (Å²) >= 11 is 6.04. The maximum Gasteiger partial charge on any atom is 0.138 e. The molecule has 0 aliphatic carbocycles. The van der Waals surface area contributed by atoms with Crippen molar-refractivity contribution in [2.75, 3.05) is 6.61 Å². The largest absolute Gasteiger partial charge is 0.492 e. The summed E-state index contributed by atoms with van der Waals surface area (Å²) in [5, 5.41) is 9.73. The fourth-order valence-corrected chi connectivity index (χ4v) is 2.23. The van der Waals surface area contributed by atoms with Gasteiger partial charge in [-0.25, -0.2) is 4.39 Å². The molecule has 0 N–H and O–H groups in total. The zero-order chi connectivity index (χ0) is 15.2. The standard InChI is InChI=1S/C17H15ClFNO/c1-12-6-7-15(18)17(10-12)21-9-8-13(11-20)14-4-2-3-5-16(14)19/h2-7,10,13H,8-9H2,1H3. The number of nitriles is 1. The van der Waals surface area contributed by atoms with E-state index < -0.39 is 5.92 Å². The Morgan fingerprint density at radius 1 is 1.29 bits per heavy atom. The van der Waals surface area contributed by atoms with Crippen LogP contribution in [0.1, 0.15) is 23.5 Å². The summed E-state index contributed by atoms with van der Waals surface area (Å²) in [5.41, 5.74) is 1.44. The molecule has 0 amide bonds. The van der Waals surface area contributed by atoms with E-state index in [0.717, 1.165) is 5.56 Å². The third-order valence-electron chi connectivity index (χ3n) is 3.19.